The van der Waals surface area contributed by atoms with Crippen molar-refractivity contribution in [1.82, 2.24) is 4.90 Å². The molecule has 1 aromatic heterocycles. The highest BCUT2D eigenvalue weighted by Gasteiger charge is 2.17. The van der Waals surface area contributed by atoms with Crippen molar-refractivity contribution >= 4 is 11.0 Å². The Morgan fingerprint density at radius 2 is 1.90 bits per heavy atom. The van der Waals surface area contributed by atoms with Crippen molar-refractivity contribution in [3.8, 4) is 0 Å². The van der Waals surface area contributed by atoms with Gasteiger partial charge < -0.3 is 10.2 Å². The summed E-state index contributed by atoms with van der Waals surface area (Å²) in [4.78, 5) is 2.39. The van der Waals surface area contributed by atoms with Gasteiger partial charge in [0.25, 0.3) is 0 Å². The van der Waals surface area contributed by atoms with E-state index in [9.17, 15) is 0 Å². The first-order chi connectivity index (χ1) is 9.52. The van der Waals surface area contributed by atoms with Crippen LogP contribution in [0.4, 0.5) is 0 Å². The molecule has 0 fully saturated rings. The number of para-hydroxylation sites is 1. The van der Waals surface area contributed by atoms with Crippen molar-refractivity contribution in [2.24, 2.45) is 11.7 Å². The first-order valence-electron chi connectivity index (χ1n) is 7.42. The van der Waals surface area contributed by atoms with Crippen molar-refractivity contribution < 1.29 is 4.42 Å². The van der Waals surface area contributed by atoms with Crippen molar-refractivity contribution in [1.29, 1.82) is 0 Å². The van der Waals surface area contributed by atoms with Gasteiger partial charge in [-0.25, -0.2) is 0 Å². The largest absolute Gasteiger partial charge is 0.459 e. The van der Waals surface area contributed by atoms with Gasteiger partial charge in [-0.2, -0.15) is 0 Å². The molecular formula is C17H26N2O. The van der Waals surface area contributed by atoms with E-state index in [1.54, 1.807) is 0 Å². The Bertz CT molecular complexity index is 559. The Hall–Kier alpha value is -1.32. The fourth-order valence-corrected chi connectivity index (χ4v) is 2.76. The van der Waals surface area contributed by atoms with E-state index in [4.69, 9.17) is 10.2 Å². The van der Waals surface area contributed by atoms with Crippen molar-refractivity contribution in [2.75, 3.05) is 7.05 Å². The maximum Gasteiger partial charge on any atom is 0.134 e. The van der Waals surface area contributed by atoms with Crippen LogP contribution in [0, 0.1) is 5.92 Å². The van der Waals surface area contributed by atoms with Crippen molar-refractivity contribution in [2.45, 2.75) is 46.3 Å². The second kappa shape index (κ2) is 6.42. The molecule has 0 saturated carbocycles. The van der Waals surface area contributed by atoms with Gasteiger partial charge in [0.05, 0.1) is 6.54 Å². The summed E-state index contributed by atoms with van der Waals surface area (Å²) in [5, 5.41) is 1.19. The highest BCUT2D eigenvalue weighted by Crippen LogP contribution is 2.27. The minimum atomic E-state index is 0.455. The molecule has 1 heterocycles. The average Bonchev–Trinajstić information content (AvgIpc) is 2.76. The molecule has 0 aliphatic carbocycles. The van der Waals surface area contributed by atoms with Crippen LogP contribution in [0.3, 0.4) is 0 Å². The second-order valence-electron chi connectivity index (χ2n) is 6.10. The normalized spacial score (nSPS) is 13.6. The number of nitrogens with zero attached hydrogens (tertiary/aromatic N) is 1. The third-order valence-electron chi connectivity index (χ3n) is 3.94. The van der Waals surface area contributed by atoms with E-state index >= 15 is 0 Å². The molecule has 3 nitrogen and oxygen atoms in total. The van der Waals surface area contributed by atoms with E-state index in [1.165, 1.54) is 17.4 Å². The van der Waals surface area contributed by atoms with E-state index in [-0.39, 0.29) is 0 Å². The Morgan fingerprint density at radius 1 is 1.20 bits per heavy atom. The summed E-state index contributed by atoms with van der Waals surface area (Å²) >= 11 is 0. The van der Waals surface area contributed by atoms with E-state index < -0.39 is 0 Å². The molecule has 20 heavy (non-hydrogen) atoms. The zero-order chi connectivity index (χ0) is 14.7. The monoisotopic (exact) mass is 274 g/mol. The lowest BCUT2D eigenvalue weighted by Gasteiger charge is -2.26. The van der Waals surface area contributed by atoms with Crippen LogP contribution < -0.4 is 5.73 Å². The van der Waals surface area contributed by atoms with E-state index in [2.05, 4.69) is 44.9 Å². The zero-order valence-corrected chi connectivity index (χ0v) is 13.0. The summed E-state index contributed by atoms with van der Waals surface area (Å²) in [6.45, 7) is 8.16. The summed E-state index contributed by atoms with van der Waals surface area (Å²) in [5.41, 5.74) is 8.01. The van der Waals surface area contributed by atoms with Crippen LogP contribution in [0.1, 0.15) is 38.5 Å². The molecule has 0 bridgehead atoms. The van der Waals surface area contributed by atoms with Gasteiger partial charge in [0.1, 0.15) is 11.3 Å². The first kappa shape index (κ1) is 15.1. The summed E-state index contributed by atoms with van der Waals surface area (Å²) in [7, 11) is 2.18. The Labute approximate surface area is 121 Å². The molecule has 0 spiro atoms. The lowest BCUT2D eigenvalue weighted by molar-refractivity contribution is 0.220. The van der Waals surface area contributed by atoms with Crippen LogP contribution in [0.25, 0.3) is 11.0 Å². The van der Waals surface area contributed by atoms with E-state index in [0.29, 0.717) is 18.5 Å². The minimum Gasteiger partial charge on any atom is -0.459 e. The molecule has 3 heteroatoms. The topological polar surface area (TPSA) is 42.4 Å². The number of hydrogen-bond acceptors (Lipinski definition) is 3. The third-order valence-corrected chi connectivity index (χ3v) is 3.94. The van der Waals surface area contributed by atoms with Crippen LogP contribution in [-0.4, -0.2) is 18.0 Å². The van der Waals surface area contributed by atoms with Gasteiger partial charge in [-0.05, 0) is 32.4 Å². The molecule has 0 aliphatic heterocycles. The van der Waals surface area contributed by atoms with Crippen molar-refractivity contribution in [3.05, 3.63) is 35.6 Å². The number of nitrogens with two attached hydrogens (primary N) is 1. The molecular weight excluding hydrogens is 248 g/mol. The molecule has 1 aromatic carbocycles. The van der Waals surface area contributed by atoms with Crippen LogP contribution >= 0.6 is 0 Å². The Morgan fingerprint density at radius 3 is 2.55 bits per heavy atom. The highest BCUT2D eigenvalue weighted by atomic mass is 16.3. The number of fused-ring (bicyclic) bond motifs is 1. The van der Waals surface area contributed by atoms with Crippen LogP contribution in [0.2, 0.25) is 0 Å². The molecule has 1 unspecified atom stereocenters. The molecule has 0 aliphatic rings. The third kappa shape index (κ3) is 3.22. The molecule has 0 amide bonds. The summed E-state index contributed by atoms with van der Waals surface area (Å²) in [6, 6.07) is 8.73. The quantitative estimate of drug-likeness (QED) is 0.872. The molecule has 2 aromatic rings. The Balaban J connectivity index is 2.24. The van der Waals surface area contributed by atoms with Gasteiger partial charge in [0.2, 0.25) is 0 Å². The SMILES string of the molecule is CC(C)CC(C)N(C)Cc1c(CN)oc2ccccc12. The predicted molar refractivity (Wildman–Crippen MR) is 84.5 cm³/mol. The number of furan rings is 1. The molecule has 0 saturated heterocycles. The standard InChI is InChI=1S/C17H26N2O/c1-12(2)9-13(3)19(4)11-15-14-7-5-6-8-16(14)20-17(15)10-18/h5-8,12-13H,9-11,18H2,1-4H3. The predicted octanol–water partition coefficient (Wildman–Crippen LogP) is 3.76. The lowest BCUT2D eigenvalue weighted by atomic mass is 10.0. The molecule has 2 N–H and O–H groups in total. The fraction of sp³-hybridized carbons (Fsp3) is 0.529. The molecule has 110 valence electrons. The maximum atomic E-state index is 5.86. The van der Waals surface area contributed by atoms with Crippen LogP contribution in [0.15, 0.2) is 28.7 Å². The summed E-state index contributed by atoms with van der Waals surface area (Å²) in [5.74, 6) is 1.62. The highest BCUT2D eigenvalue weighted by molar-refractivity contribution is 5.82. The number of rotatable bonds is 6. The zero-order valence-electron chi connectivity index (χ0n) is 13.0. The van der Waals surface area contributed by atoms with Gasteiger partial charge in [-0.15, -0.1) is 0 Å². The second-order valence-corrected chi connectivity index (χ2v) is 6.10. The number of benzene rings is 1. The molecule has 0 radical (unpaired) electrons. The van der Waals surface area contributed by atoms with Crippen LogP contribution in [-0.2, 0) is 13.1 Å². The van der Waals surface area contributed by atoms with Crippen molar-refractivity contribution in [3.63, 3.8) is 0 Å². The lowest BCUT2D eigenvalue weighted by Crippen LogP contribution is -2.30. The summed E-state index contributed by atoms with van der Waals surface area (Å²) < 4.78 is 5.86. The first-order valence-corrected chi connectivity index (χ1v) is 7.42. The Kier molecular flexibility index (Phi) is 4.84. The van der Waals surface area contributed by atoms with Gasteiger partial charge in [-0.3, -0.25) is 4.90 Å². The maximum absolute atomic E-state index is 5.86. The fourth-order valence-electron chi connectivity index (χ4n) is 2.76. The molecule has 2 rings (SSSR count). The van der Waals surface area contributed by atoms with Gasteiger partial charge in [-0.1, -0.05) is 32.0 Å². The van der Waals surface area contributed by atoms with E-state index in [0.717, 1.165) is 17.9 Å². The van der Waals surface area contributed by atoms with Gasteiger partial charge in [0.15, 0.2) is 0 Å². The van der Waals surface area contributed by atoms with Gasteiger partial charge >= 0.3 is 0 Å². The number of hydrogen-bond donors (Lipinski definition) is 1. The van der Waals surface area contributed by atoms with Crippen LogP contribution in [0.5, 0.6) is 0 Å². The smallest absolute Gasteiger partial charge is 0.134 e. The minimum absolute atomic E-state index is 0.455. The molecule has 1 atom stereocenters. The van der Waals surface area contributed by atoms with E-state index in [1.807, 2.05) is 12.1 Å². The van der Waals surface area contributed by atoms with Gasteiger partial charge in [0, 0.05) is 23.5 Å². The average molecular weight is 274 g/mol. The summed E-state index contributed by atoms with van der Waals surface area (Å²) in [6.07, 6.45) is 1.20.